The van der Waals surface area contributed by atoms with E-state index in [0.29, 0.717) is 6.54 Å². The van der Waals surface area contributed by atoms with Crippen molar-refractivity contribution in [1.82, 2.24) is 13.9 Å². The van der Waals surface area contributed by atoms with Crippen molar-refractivity contribution in [3.05, 3.63) is 12.5 Å². The Morgan fingerprint density at radius 1 is 1.22 bits per heavy atom. The number of rotatable bonds is 4. The molecule has 1 saturated carbocycles. The van der Waals surface area contributed by atoms with Gasteiger partial charge in [-0.25, -0.2) is 13.4 Å². The van der Waals surface area contributed by atoms with E-state index in [0.717, 1.165) is 38.5 Å². The van der Waals surface area contributed by atoms with E-state index in [9.17, 15) is 13.5 Å². The highest BCUT2D eigenvalue weighted by Crippen LogP contribution is 2.37. The highest BCUT2D eigenvalue weighted by Gasteiger charge is 2.43. The smallest absolute Gasteiger partial charge is 0.262 e. The Balaban J connectivity index is 1.85. The van der Waals surface area contributed by atoms with Crippen LogP contribution in [0.4, 0.5) is 0 Å². The van der Waals surface area contributed by atoms with Crippen LogP contribution in [0.15, 0.2) is 17.6 Å². The van der Waals surface area contributed by atoms with E-state index in [1.165, 1.54) is 0 Å². The van der Waals surface area contributed by atoms with E-state index >= 15 is 0 Å². The lowest BCUT2D eigenvalue weighted by Gasteiger charge is -2.36. The van der Waals surface area contributed by atoms with Crippen molar-refractivity contribution in [2.45, 2.75) is 75.6 Å². The lowest BCUT2D eigenvalue weighted by molar-refractivity contribution is 0.0386. The molecule has 0 radical (unpaired) electrons. The Kier molecular flexibility index (Phi) is 4.80. The van der Waals surface area contributed by atoms with Gasteiger partial charge in [0.15, 0.2) is 5.03 Å². The SMILES string of the molecule is CC(C)n1cnc(S(=O)(=O)N2CCC[C@@H]2[C@H]2CCCC[C@@H]2O)c1. The van der Waals surface area contributed by atoms with Gasteiger partial charge in [0.1, 0.15) is 0 Å². The molecule has 23 heavy (non-hydrogen) atoms. The van der Waals surface area contributed by atoms with Crippen molar-refractivity contribution in [2.24, 2.45) is 5.92 Å². The zero-order valence-corrected chi connectivity index (χ0v) is 14.7. The summed E-state index contributed by atoms with van der Waals surface area (Å²) in [6, 6.07) is 0.0977. The van der Waals surface area contributed by atoms with Gasteiger partial charge in [-0.1, -0.05) is 12.8 Å². The van der Waals surface area contributed by atoms with Crippen LogP contribution in [0.1, 0.15) is 58.4 Å². The molecule has 1 saturated heterocycles. The highest BCUT2D eigenvalue weighted by atomic mass is 32.2. The van der Waals surface area contributed by atoms with E-state index in [1.807, 2.05) is 18.4 Å². The number of aromatic nitrogens is 2. The minimum atomic E-state index is -3.58. The molecule has 0 aromatic carbocycles. The Hall–Kier alpha value is -0.920. The predicted molar refractivity (Wildman–Crippen MR) is 87.5 cm³/mol. The Labute approximate surface area is 138 Å². The summed E-state index contributed by atoms with van der Waals surface area (Å²) in [5.41, 5.74) is 0. The normalized spacial score (nSPS) is 30.2. The van der Waals surface area contributed by atoms with Crippen LogP contribution in [0.5, 0.6) is 0 Å². The number of imidazole rings is 1. The first-order chi connectivity index (χ1) is 10.9. The van der Waals surface area contributed by atoms with Crippen molar-refractivity contribution in [3.63, 3.8) is 0 Å². The van der Waals surface area contributed by atoms with Crippen LogP contribution in [-0.2, 0) is 10.0 Å². The Morgan fingerprint density at radius 3 is 2.61 bits per heavy atom. The largest absolute Gasteiger partial charge is 0.393 e. The minimum Gasteiger partial charge on any atom is -0.393 e. The molecule has 1 aliphatic heterocycles. The molecule has 6 nitrogen and oxygen atoms in total. The van der Waals surface area contributed by atoms with Crippen LogP contribution in [0, 0.1) is 5.92 Å². The summed E-state index contributed by atoms with van der Waals surface area (Å²) in [6.07, 6.45) is 8.34. The number of sulfonamides is 1. The lowest BCUT2D eigenvalue weighted by Crippen LogP contribution is -2.45. The van der Waals surface area contributed by atoms with Crippen molar-refractivity contribution in [3.8, 4) is 0 Å². The van der Waals surface area contributed by atoms with Gasteiger partial charge in [0.05, 0.1) is 12.4 Å². The minimum absolute atomic E-state index is 0.0632. The quantitative estimate of drug-likeness (QED) is 0.911. The molecular weight excluding hydrogens is 314 g/mol. The van der Waals surface area contributed by atoms with E-state index in [4.69, 9.17) is 0 Å². The predicted octanol–water partition coefficient (Wildman–Crippen LogP) is 2.17. The van der Waals surface area contributed by atoms with Gasteiger partial charge in [0.25, 0.3) is 10.0 Å². The average molecular weight is 341 g/mol. The molecule has 1 N–H and O–H groups in total. The second-order valence-electron chi connectivity index (χ2n) is 7.09. The standard InChI is InChI=1S/C16H27N3O3S/c1-12(2)18-10-16(17-11-18)23(21,22)19-9-5-7-14(19)13-6-3-4-8-15(13)20/h10-15,20H,3-9H2,1-2H3/t13-,14-,15+/m1/s1. The van der Waals surface area contributed by atoms with Crippen LogP contribution in [0.25, 0.3) is 0 Å². The molecule has 1 aromatic heterocycles. The Morgan fingerprint density at radius 2 is 1.96 bits per heavy atom. The van der Waals surface area contributed by atoms with Gasteiger partial charge < -0.3 is 9.67 Å². The van der Waals surface area contributed by atoms with Gasteiger partial charge >= 0.3 is 0 Å². The molecule has 3 atom stereocenters. The zero-order chi connectivity index (χ0) is 16.6. The van der Waals surface area contributed by atoms with E-state index in [-0.39, 0.29) is 29.1 Å². The molecule has 1 aliphatic carbocycles. The molecule has 0 spiro atoms. The first kappa shape index (κ1) is 16.9. The first-order valence-electron chi connectivity index (χ1n) is 8.64. The maximum absolute atomic E-state index is 13.0. The molecule has 7 heteroatoms. The van der Waals surface area contributed by atoms with Crippen LogP contribution >= 0.6 is 0 Å². The summed E-state index contributed by atoms with van der Waals surface area (Å²) in [7, 11) is -3.58. The van der Waals surface area contributed by atoms with Crippen LogP contribution < -0.4 is 0 Å². The lowest BCUT2D eigenvalue weighted by atomic mass is 9.81. The molecule has 0 unspecified atom stereocenters. The third-order valence-electron chi connectivity index (χ3n) is 5.27. The fourth-order valence-corrected chi connectivity index (χ4v) is 5.60. The number of aliphatic hydroxyl groups excluding tert-OH is 1. The summed E-state index contributed by atoms with van der Waals surface area (Å²) in [4.78, 5) is 4.12. The molecule has 1 aromatic rings. The van der Waals surface area contributed by atoms with E-state index < -0.39 is 10.0 Å². The van der Waals surface area contributed by atoms with Crippen LogP contribution in [0.3, 0.4) is 0 Å². The summed E-state index contributed by atoms with van der Waals surface area (Å²) >= 11 is 0. The molecular formula is C16H27N3O3S. The number of hydrogen-bond acceptors (Lipinski definition) is 4. The first-order valence-corrected chi connectivity index (χ1v) is 10.1. The second-order valence-corrected chi connectivity index (χ2v) is 8.93. The third-order valence-corrected chi connectivity index (χ3v) is 7.08. The van der Waals surface area contributed by atoms with Gasteiger partial charge in [-0.2, -0.15) is 4.31 Å². The van der Waals surface area contributed by atoms with Crippen LogP contribution in [0.2, 0.25) is 0 Å². The zero-order valence-electron chi connectivity index (χ0n) is 13.9. The van der Waals surface area contributed by atoms with Gasteiger partial charge in [0, 0.05) is 30.7 Å². The number of hydrogen-bond donors (Lipinski definition) is 1. The van der Waals surface area contributed by atoms with Crippen molar-refractivity contribution in [2.75, 3.05) is 6.54 Å². The molecule has 130 valence electrons. The van der Waals surface area contributed by atoms with Gasteiger partial charge in [-0.3, -0.25) is 0 Å². The van der Waals surface area contributed by atoms with Gasteiger partial charge in [-0.15, -0.1) is 0 Å². The molecule has 2 fully saturated rings. The maximum atomic E-state index is 13.0. The second kappa shape index (κ2) is 6.53. The molecule has 3 rings (SSSR count). The topological polar surface area (TPSA) is 75.4 Å². The Bertz CT molecular complexity index is 641. The molecule has 0 amide bonds. The van der Waals surface area contributed by atoms with Crippen molar-refractivity contribution in [1.29, 1.82) is 0 Å². The summed E-state index contributed by atoms with van der Waals surface area (Å²) in [6.45, 7) is 4.52. The monoisotopic (exact) mass is 341 g/mol. The average Bonchev–Trinajstić information content (AvgIpc) is 3.17. The molecule has 2 heterocycles. The molecule has 2 aliphatic rings. The van der Waals surface area contributed by atoms with Crippen molar-refractivity contribution >= 4 is 10.0 Å². The third kappa shape index (κ3) is 3.19. The summed E-state index contributed by atoms with van der Waals surface area (Å²) < 4.78 is 29.4. The molecule has 0 bridgehead atoms. The van der Waals surface area contributed by atoms with Gasteiger partial charge in [-0.05, 0) is 39.5 Å². The van der Waals surface area contributed by atoms with Gasteiger partial charge in [0.2, 0.25) is 0 Å². The van der Waals surface area contributed by atoms with E-state index in [1.54, 1.807) is 16.8 Å². The highest BCUT2D eigenvalue weighted by molar-refractivity contribution is 7.89. The summed E-state index contributed by atoms with van der Waals surface area (Å²) in [5, 5.41) is 10.4. The number of aliphatic hydroxyl groups is 1. The fraction of sp³-hybridized carbons (Fsp3) is 0.812. The van der Waals surface area contributed by atoms with Crippen molar-refractivity contribution < 1.29 is 13.5 Å². The van der Waals surface area contributed by atoms with E-state index in [2.05, 4.69) is 4.98 Å². The number of nitrogens with zero attached hydrogens (tertiary/aromatic N) is 3. The van der Waals surface area contributed by atoms with Crippen LogP contribution in [-0.4, -0.2) is 46.1 Å². The summed E-state index contributed by atoms with van der Waals surface area (Å²) in [5.74, 6) is 0.0632. The maximum Gasteiger partial charge on any atom is 0.262 e. The fourth-order valence-electron chi connectivity index (χ4n) is 3.93.